The van der Waals surface area contributed by atoms with Crippen molar-refractivity contribution in [2.24, 2.45) is 0 Å². The van der Waals surface area contributed by atoms with Crippen molar-refractivity contribution in [2.75, 3.05) is 6.61 Å². The van der Waals surface area contributed by atoms with Crippen LogP contribution in [0.1, 0.15) is 58.0 Å². The van der Waals surface area contributed by atoms with E-state index >= 15 is 0 Å². The molecule has 2 aromatic rings. The molecule has 0 radical (unpaired) electrons. The summed E-state index contributed by atoms with van der Waals surface area (Å²) < 4.78 is 7.02. The second-order valence-electron chi connectivity index (χ2n) is 6.22. The van der Waals surface area contributed by atoms with Gasteiger partial charge in [0.1, 0.15) is 11.3 Å². The Kier molecular flexibility index (Phi) is 3.86. The fourth-order valence-corrected chi connectivity index (χ4v) is 3.03. The van der Waals surface area contributed by atoms with Crippen LogP contribution in [0.3, 0.4) is 0 Å². The number of aromatic nitrogens is 1. The van der Waals surface area contributed by atoms with Gasteiger partial charge in [-0.2, -0.15) is 0 Å². The van der Waals surface area contributed by atoms with Crippen molar-refractivity contribution in [2.45, 2.75) is 52.9 Å². The Morgan fingerprint density at radius 3 is 2.47 bits per heavy atom. The minimum absolute atomic E-state index is 0.0885. The van der Waals surface area contributed by atoms with E-state index in [1.165, 1.54) is 15.3 Å². The minimum atomic E-state index is 0.0885. The van der Waals surface area contributed by atoms with Gasteiger partial charge in [0.25, 0.3) is 0 Å². The van der Waals surface area contributed by atoms with E-state index in [1.54, 1.807) is 11.3 Å². The van der Waals surface area contributed by atoms with Gasteiger partial charge in [0, 0.05) is 5.41 Å². The van der Waals surface area contributed by atoms with Crippen molar-refractivity contribution in [3.05, 3.63) is 22.7 Å². The summed E-state index contributed by atoms with van der Waals surface area (Å²) in [4.78, 5) is 4.80. The molecule has 2 nitrogen and oxygen atoms in total. The summed E-state index contributed by atoms with van der Waals surface area (Å²) in [6, 6.07) is 4.40. The van der Waals surface area contributed by atoms with Crippen molar-refractivity contribution >= 4 is 21.6 Å². The van der Waals surface area contributed by atoms with Crippen molar-refractivity contribution in [1.82, 2.24) is 4.98 Å². The summed E-state index contributed by atoms with van der Waals surface area (Å²) in [5.74, 6) is 1.43. The average Bonchev–Trinajstić information content (AvgIpc) is 2.72. The summed E-state index contributed by atoms with van der Waals surface area (Å²) in [5.41, 5.74) is 2.42. The number of nitrogens with zero attached hydrogens (tertiary/aromatic N) is 1. The molecule has 1 heterocycles. The van der Waals surface area contributed by atoms with Crippen LogP contribution in [-0.2, 0) is 5.41 Å². The lowest BCUT2D eigenvalue weighted by atomic mass is 9.98. The van der Waals surface area contributed by atoms with Gasteiger partial charge in [-0.1, -0.05) is 34.6 Å². The molecule has 0 N–H and O–H groups in total. The molecule has 104 valence electrons. The highest BCUT2D eigenvalue weighted by molar-refractivity contribution is 7.18. The first-order valence-electron chi connectivity index (χ1n) is 6.90. The van der Waals surface area contributed by atoms with Crippen molar-refractivity contribution in [1.29, 1.82) is 0 Å². The third-order valence-electron chi connectivity index (χ3n) is 3.09. The Bertz CT molecular complexity index is 578. The highest BCUT2D eigenvalue weighted by Gasteiger charge is 2.21. The number of fused-ring (bicyclic) bond motifs is 1. The van der Waals surface area contributed by atoms with Crippen LogP contribution in [0.2, 0.25) is 0 Å². The Morgan fingerprint density at radius 1 is 1.26 bits per heavy atom. The molecule has 0 amide bonds. The molecule has 0 aliphatic carbocycles. The van der Waals surface area contributed by atoms with Gasteiger partial charge in [0.15, 0.2) is 0 Å². The van der Waals surface area contributed by atoms with Crippen LogP contribution < -0.4 is 4.74 Å². The summed E-state index contributed by atoms with van der Waals surface area (Å²) in [6.07, 6.45) is 0. The number of thiazole rings is 1. The zero-order chi connectivity index (χ0) is 14.2. The van der Waals surface area contributed by atoms with Gasteiger partial charge in [-0.3, -0.25) is 0 Å². The molecule has 1 aromatic carbocycles. The number of hydrogen-bond donors (Lipinski definition) is 0. The molecule has 0 saturated heterocycles. The molecule has 0 unspecified atom stereocenters. The van der Waals surface area contributed by atoms with Crippen molar-refractivity contribution in [3.63, 3.8) is 0 Å². The van der Waals surface area contributed by atoms with Gasteiger partial charge < -0.3 is 4.74 Å². The lowest BCUT2D eigenvalue weighted by molar-refractivity contribution is 0.343. The summed E-state index contributed by atoms with van der Waals surface area (Å²) >= 11 is 1.78. The standard InChI is InChI=1S/C16H23NOS/c1-7-18-12-8-11(10(2)3)9-13-14(12)17-15(19-13)16(4,5)6/h8-10H,7H2,1-6H3. The predicted octanol–water partition coefficient (Wildman–Crippen LogP) is 5.12. The van der Waals surface area contributed by atoms with E-state index in [9.17, 15) is 0 Å². The van der Waals surface area contributed by atoms with E-state index in [2.05, 4.69) is 46.8 Å². The maximum atomic E-state index is 5.78. The van der Waals surface area contributed by atoms with E-state index in [-0.39, 0.29) is 5.41 Å². The molecule has 0 bridgehead atoms. The maximum Gasteiger partial charge on any atom is 0.146 e. The van der Waals surface area contributed by atoms with Crippen molar-refractivity contribution < 1.29 is 4.74 Å². The molecule has 1 aromatic heterocycles. The SMILES string of the molecule is CCOc1cc(C(C)C)cc2sc(C(C)(C)C)nc12. The molecule has 0 fully saturated rings. The second kappa shape index (κ2) is 5.12. The van der Waals surface area contributed by atoms with E-state index in [1.807, 2.05) is 6.92 Å². The lowest BCUT2D eigenvalue weighted by Gasteiger charge is -2.13. The zero-order valence-corrected chi connectivity index (χ0v) is 13.5. The Labute approximate surface area is 119 Å². The fourth-order valence-electron chi connectivity index (χ4n) is 1.94. The van der Waals surface area contributed by atoms with Gasteiger partial charge in [-0.05, 0) is 30.5 Å². The Balaban J connectivity index is 2.64. The number of rotatable bonds is 3. The zero-order valence-electron chi connectivity index (χ0n) is 12.7. The number of benzene rings is 1. The summed E-state index contributed by atoms with van der Waals surface area (Å²) in [5, 5.41) is 1.17. The lowest BCUT2D eigenvalue weighted by Crippen LogP contribution is -2.09. The van der Waals surface area contributed by atoms with Crippen molar-refractivity contribution in [3.8, 4) is 5.75 Å². The van der Waals surface area contributed by atoms with Gasteiger partial charge in [0.05, 0.1) is 16.3 Å². The smallest absolute Gasteiger partial charge is 0.146 e. The monoisotopic (exact) mass is 277 g/mol. The summed E-state index contributed by atoms with van der Waals surface area (Å²) in [6.45, 7) is 13.7. The van der Waals surface area contributed by atoms with Crippen LogP contribution in [0, 0.1) is 0 Å². The third-order valence-corrected chi connectivity index (χ3v) is 4.52. The molecule has 19 heavy (non-hydrogen) atoms. The predicted molar refractivity (Wildman–Crippen MR) is 83.6 cm³/mol. The Hall–Kier alpha value is -1.09. The van der Waals surface area contributed by atoms with E-state index < -0.39 is 0 Å². The first-order valence-corrected chi connectivity index (χ1v) is 7.72. The highest BCUT2D eigenvalue weighted by atomic mass is 32.1. The van der Waals surface area contributed by atoms with Gasteiger partial charge in [-0.25, -0.2) is 4.98 Å². The van der Waals surface area contributed by atoms with E-state index in [0.717, 1.165) is 11.3 Å². The molecule has 0 aliphatic rings. The number of hydrogen-bond acceptors (Lipinski definition) is 3. The fraction of sp³-hybridized carbons (Fsp3) is 0.562. The summed E-state index contributed by atoms with van der Waals surface area (Å²) in [7, 11) is 0. The van der Waals surface area contributed by atoms with E-state index in [4.69, 9.17) is 9.72 Å². The van der Waals surface area contributed by atoms with Gasteiger partial charge in [0.2, 0.25) is 0 Å². The van der Waals surface area contributed by atoms with E-state index in [0.29, 0.717) is 12.5 Å². The van der Waals surface area contributed by atoms with Crippen LogP contribution in [0.5, 0.6) is 5.75 Å². The van der Waals surface area contributed by atoms with Crippen LogP contribution in [0.25, 0.3) is 10.2 Å². The van der Waals surface area contributed by atoms with Gasteiger partial charge >= 0.3 is 0 Å². The van der Waals surface area contributed by atoms with Crippen LogP contribution in [0.4, 0.5) is 0 Å². The minimum Gasteiger partial charge on any atom is -0.492 e. The topological polar surface area (TPSA) is 22.1 Å². The largest absolute Gasteiger partial charge is 0.492 e. The van der Waals surface area contributed by atoms with Crippen LogP contribution in [0.15, 0.2) is 12.1 Å². The molecular weight excluding hydrogens is 254 g/mol. The molecule has 2 rings (SSSR count). The third kappa shape index (κ3) is 2.92. The number of ether oxygens (including phenoxy) is 1. The van der Waals surface area contributed by atoms with Crippen LogP contribution in [-0.4, -0.2) is 11.6 Å². The average molecular weight is 277 g/mol. The Morgan fingerprint density at radius 2 is 1.95 bits per heavy atom. The first-order chi connectivity index (χ1) is 8.82. The van der Waals surface area contributed by atoms with Crippen LogP contribution >= 0.6 is 11.3 Å². The molecule has 0 atom stereocenters. The molecule has 0 aliphatic heterocycles. The van der Waals surface area contributed by atoms with Gasteiger partial charge in [-0.15, -0.1) is 11.3 Å². The first kappa shape index (κ1) is 14.3. The molecule has 3 heteroatoms. The molecule has 0 spiro atoms. The molecule has 0 saturated carbocycles. The second-order valence-corrected chi connectivity index (χ2v) is 7.25. The highest BCUT2D eigenvalue weighted by Crippen LogP contribution is 2.37. The normalized spacial score (nSPS) is 12.4. The maximum absolute atomic E-state index is 5.78. The quantitative estimate of drug-likeness (QED) is 0.777. The molecular formula is C16H23NOS.